The van der Waals surface area contributed by atoms with Crippen molar-refractivity contribution in [3.63, 3.8) is 0 Å². The van der Waals surface area contributed by atoms with E-state index in [-0.39, 0.29) is 17.5 Å². The minimum absolute atomic E-state index is 0.0563. The van der Waals surface area contributed by atoms with Crippen LogP contribution in [0, 0.1) is 13.8 Å². The van der Waals surface area contributed by atoms with Gasteiger partial charge in [-0.15, -0.1) is 0 Å². The van der Waals surface area contributed by atoms with Gasteiger partial charge in [-0.2, -0.15) is 0 Å². The van der Waals surface area contributed by atoms with Crippen molar-refractivity contribution in [2.24, 2.45) is 5.73 Å². The van der Waals surface area contributed by atoms with Gasteiger partial charge in [0.25, 0.3) is 0 Å². The lowest BCUT2D eigenvalue weighted by Crippen LogP contribution is -2.22. The van der Waals surface area contributed by atoms with E-state index in [1.807, 2.05) is 32.0 Å². The van der Waals surface area contributed by atoms with E-state index in [1.54, 1.807) is 0 Å². The fourth-order valence-electron chi connectivity index (χ4n) is 1.86. The highest BCUT2D eigenvalue weighted by Crippen LogP contribution is 2.18. The van der Waals surface area contributed by atoms with E-state index in [0.29, 0.717) is 5.75 Å². The summed E-state index contributed by atoms with van der Waals surface area (Å²) in [5.74, 6) is 0.385. The van der Waals surface area contributed by atoms with Crippen LogP contribution in [0.15, 0.2) is 18.2 Å². The highest BCUT2D eigenvalue weighted by Gasteiger charge is 2.14. The van der Waals surface area contributed by atoms with Crippen LogP contribution in [0.25, 0.3) is 0 Å². The predicted molar refractivity (Wildman–Crippen MR) is 80.4 cm³/mol. The first-order valence-corrected chi connectivity index (χ1v) is 9.59. The number of rotatable bonds is 6. The van der Waals surface area contributed by atoms with Crippen LogP contribution in [0.1, 0.15) is 22.7 Å². The fourth-order valence-corrected chi connectivity index (χ4v) is 4.56. The standard InChI is InChI=1S/C13H21NO3S2/c1-10-4-5-12(11(2)8-10)13(14)9-18(15)6-7-19(3,16)17/h4-5,8,13H,6-7,9,14H2,1-3H3. The van der Waals surface area contributed by atoms with Gasteiger partial charge in [0.05, 0.1) is 5.75 Å². The molecular weight excluding hydrogens is 282 g/mol. The first kappa shape index (κ1) is 16.3. The van der Waals surface area contributed by atoms with E-state index < -0.39 is 20.6 Å². The maximum Gasteiger partial charge on any atom is 0.148 e. The van der Waals surface area contributed by atoms with Crippen LogP contribution in [0.3, 0.4) is 0 Å². The SMILES string of the molecule is Cc1ccc(C(N)CS(=O)CCS(C)(=O)=O)c(C)c1. The molecule has 108 valence electrons. The molecule has 2 N–H and O–H groups in total. The summed E-state index contributed by atoms with van der Waals surface area (Å²) in [5, 5.41) is 0. The molecule has 0 saturated carbocycles. The Labute approximate surface area is 117 Å². The van der Waals surface area contributed by atoms with E-state index in [0.717, 1.165) is 22.9 Å². The average Bonchev–Trinajstić information content (AvgIpc) is 2.25. The normalized spacial score (nSPS) is 15.2. The van der Waals surface area contributed by atoms with Crippen LogP contribution < -0.4 is 5.73 Å². The minimum atomic E-state index is -3.07. The molecular formula is C13H21NO3S2. The molecule has 1 rings (SSSR count). The Morgan fingerprint density at radius 3 is 2.47 bits per heavy atom. The molecule has 19 heavy (non-hydrogen) atoms. The summed E-state index contributed by atoms with van der Waals surface area (Å²) in [4.78, 5) is 0. The molecule has 4 nitrogen and oxygen atoms in total. The van der Waals surface area contributed by atoms with Crippen LogP contribution in [0.2, 0.25) is 0 Å². The summed E-state index contributed by atoms with van der Waals surface area (Å²) in [6, 6.07) is 5.64. The van der Waals surface area contributed by atoms with Crippen LogP contribution in [0.5, 0.6) is 0 Å². The van der Waals surface area contributed by atoms with Gasteiger partial charge in [0, 0.05) is 34.6 Å². The Hall–Kier alpha value is -0.720. The molecule has 0 heterocycles. The van der Waals surface area contributed by atoms with Crippen LogP contribution >= 0.6 is 0 Å². The van der Waals surface area contributed by atoms with Gasteiger partial charge >= 0.3 is 0 Å². The van der Waals surface area contributed by atoms with Gasteiger partial charge in [-0.1, -0.05) is 23.8 Å². The number of hydrogen-bond acceptors (Lipinski definition) is 4. The maximum atomic E-state index is 11.8. The summed E-state index contributed by atoms with van der Waals surface area (Å²) < 4.78 is 33.9. The zero-order valence-electron chi connectivity index (χ0n) is 11.5. The second-order valence-electron chi connectivity index (χ2n) is 4.91. The second kappa shape index (κ2) is 6.63. The molecule has 2 unspecified atom stereocenters. The van der Waals surface area contributed by atoms with Crippen molar-refractivity contribution in [1.29, 1.82) is 0 Å². The van der Waals surface area contributed by atoms with Crippen molar-refractivity contribution in [3.05, 3.63) is 34.9 Å². The molecule has 0 aliphatic carbocycles. The molecule has 0 bridgehead atoms. The maximum absolute atomic E-state index is 11.8. The summed E-state index contributed by atoms with van der Waals surface area (Å²) in [6.45, 7) is 3.98. The Morgan fingerprint density at radius 2 is 1.95 bits per heavy atom. The molecule has 0 amide bonds. The summed E-state index contributed by atoms with van der Waals surface area (Å²) in [5.41, 5.74) is 9.25. The summed E-state index contributed by atoms with van der Waals surface area (Å²) in [6.07, 6.45) is 1.15. The van der Waals surface area contributed by atoms with E-state index in [2.05, 4.69) is 0 Å². The highest BCUT2D eigenvalue weighted by molar-refractivity contribution is 7.92. The quantitative estimate of drug-likeness (QED) is 0.853. The molecule has 6 heteroatoms. The van der Waals surface area contributed by atoms with Crippen molar-refractivity contribution < 1.29 is 12.6 Å². The van der Waals surface area contributed by atoms with Gasteiger partial charge in [-0.25, -0.2) is 8.42 Å². The lowest BCUT2D eigenvalue weighted by Gasteiger charge is -2.15. The summed E-state index contributed by atoms with van der Waals surface area (Å²) >= 11 is 0. The zero-order chi connectivity index (χ0) is 14.6. The van der Waals surface area contributed by atoms with Gasteiger partial charge in [0.2, 0.25) is 0 Å². The first-order chi connectivity index (χ1) is 8.69. The van der Waals surface area contributed by atoms with Crippen LogP contribution in [0.4, 0.5) is 0 Å². The van der Waals surface area contributed by atoms with Gasteiger partial charge in [-0.3, -0.25) is 4.21 Å². The molecule has 0 spiro atoms. The Balaban J connectivity index is 2.64. The molecule has 0 aromatic heterocycles. The fraction of sp³-hybridized carbons (Fsp3) is 0.538. The molecule has 0 radical (unpaired) electrons. The number of benzene rings is 1. The molecule has 0 aliphatic heterocycles. The molecule has 0 fully saturated rings. The Bertz CT molecular complexity index is 567. The van der Waals surface area contributed by atoms with E-state index in [1.165, 1.54) is 0 Å². The van der Waals surface area contributed by atoms with Crippen molar-refractivity contribution in [1.82, 2.24) is 0 Å². The van der Waals surface area contributed by atoms with E-state index in [4.69, 9.17) is 5.73 Å². The number of nitrogens with two attached hydrogens (primary N) is 1. The van der Waals surface area contributed by atoms with E-state index >= 15 is 0 Å². The lowest BCUT2D eigenvalue weighted by atomic mass is 10.0. The van der Waals surface area contributed by atoms with Gasteiger partial charge < -0.3 is 5.73 Å². The smallest absolute Gasteiger partial charge is 0.148 e. The molecule has 0 aliphatic rings. The number of aryl methyl sites for hydroxylation is 2. The van der Waals surface area contributed by atoms with Gasteiger partial charge in [-0.05, 0) is 25.0 Å². The Morgan fingerprint density at radius 1 is 1.32 bits per heavy atom. The highest BCUT2D eigenvalue weighted by atomic mass is 32.2. The second-order valence-corrected chi connectivity index (χ2v) is 8.79. The first-order valence-electron chi connectivity index (χ1n) is 6.04. The third-order valence-electron chi connectivity index (χ3n) is 2.87. The molecule has 2 atom stereocenters. The van der Waals surface area contributed by atoms with Crippen LogP contribution in [-0.4, -0.2) is 36.1 Å². The lowest BCUT2D eigenvalue weighted by molar-refractivity contribution is 0.602. The van der Waals surface area contributed by atoms with Crippen molar-refractivity contribution >= 4 is 20.6 Å². The minimum Gasteiger partial charge on any atom is -0.323 e. The van der Waals surface area contributed by atoms with Crippen molar-refractivity contribution in [2.45, 2.75) is 19.9 Å². The number of sulfone groups is 1. The van der Waals surface area contributed by atoms with Gasteiger partial charge in [0.15, 0.2) is 0 Å². The monoisotopic (exact) mass is 303 g/mol. The van der Waals surface area contributed by atoms with Gasteiger partial charge in [0.1, 0.15) is 9.84 Å². The largest absolute Gasteiger partial charge is 0.323 e. The Kier molecular flexibility index (Phi) is 5.70. The van der Waals surface area contributed by atoms with E-state index in [9.17, 15) is 12.6 Å². The molecule has 1 aromatic carbocycles. The zero-order valence-corrected chi connectivity index (χ0v) is 13.2. The van der Waals surface area contributed by atoms with Crippen LogP contribution in [-0.2, 0) is 20.6 Å². The average molecular weight is 303 g/mol. The predicted octanol–water partition coefficient (Wildman–Crippen LogP) is 1.10. The molecule has 1 aromatic rings. The third kappa shape index (κ3) is 5.84. The van der Waals surface area contributed by atoms with Crippen molar-refractivity contribution in [3.8, 4) is 0 Å². The number of hydrogen-bond donors (Lipinski definition) is 1. The third-order valence-corrected chi connectivity index (χ3v) is 5.47. The molecule has 0 saturated heterocycles. The summed E-state index contributed by atoms with van der Waals surface area (Å²) in [7, 11) is -4.28. The van der Waals surface area contributed by atoms with Crippen molar-refractivity contribution in [2.75, 3.05) is 23.5 Å². The topological polar surface area (TPSA) is 77.2 Å².